The minimum absolute atomic E-state index is 0.0294. The van der Waals surface area contributed by atoms with Crippen molar-refractivity contribution in [1.29, 1.82) is 0 Å². The van der Waals surface area contributed by atoms with Gasteiger partial charge in [-0.2, -0.15) is 0 Å². The molecule has 1 heterocycles. The number of aliphatic carboxylic acids is 1. The number of hydrogen-bond acceptors (Lipinski definition) is 4. The van der Waals surface area contributed by atoms with Crippen molar-refractivity contribution in [3.05, 3.63) is 64.7 Å². The summed E-state index contributed by atoms with van der Waals surface area (Å²) in [6, 6.07) is 11.3. The smallest absolute Gasteiger partial charge is 0.330 e. The Kier molecular flexibility index (Phi) is 6.09. The molecule has 1 atom stereocenters. The SMILES string of the molecule is CCc1ccc(C(=O)CCC(=O)NC(C(=O)O)c2ccc3c(c2)CCO3)cc1. The number of carboxylic acid groups (broad SMARTS) is 1. The van der Waals surface area contributed by atoms with Gasteiger partial charge in [0.15, 0.2) is 11.8 Å². The largest absolute Gasteiger partial charge is 0.493 e. The molecule has 6 nitrogen and oxygen atoms in total. The molecule has 1 amide bonds. The summed E-state index contributed by atoms with van der Waals surface area (Å²) in [5.74, 6) is -1.00. The Labute approximate surface area is 163 Å². The van der Waals surface area contributed by atoms with E-state index in [0.717, 1.165) is 29.7 Å². The molecule has 0 aliphatic carbocycles. The van der Waals surface area contributed by atoms with E-state index in [4.69, 9.17) is 4.74 Å². The molecule has 0 aromatic heterocycles. The fourth-order valence-electron chi connectivity index (χ4n) is 3.20. The first-order valence-electron chi connectivity index (χ1n) is 9.38. The fourth-order valence-corrected chi connectivity index (χ4v) is 3.20. The quantitative estimate of drug-likeness (QED) is 0.686. The third-order valence-electron chi connectivity index (χ3n) is 4.86. The molecule has 28 heavy (non-hydrogen) atoms. The van der Waals surface area contributed by atoms with E-state index in [9.17, 15) is 19.5 Å². The van der Waals surface area contributed by atoms with Crippen LogP contribution in [0.3, 0.4) is 0 Å². The lowest BCUT2D eigenvalue weighted by Crippen LogP contribution is -2.34. The van der Waals surface area contributed by atoms with Crippen LogP contribution in [0, 0.1) is 0 Å². The maximum absolute atomic E-state index is 12.3. The first kappa shape index (κ1) is 19.6. The maximum Gasteiger partial charge on any atom is 0.330 e. The average Bonchev–Trinajstić information content (AvgIpc) is 3.17. The molecule has 3 rings (SSSR count). The molecule has 0 saturated carbocycles. The molecule has 1 aliphatic rings. The summed E-state index contributed by atoms with van der Waals surface area (Å²) in [5, 5.41) is 12.0. The number of benzene rings is 2. The van der Waals surface area contributed by atoms with E-state index in [1.54, 1.807) is 30.3 Å². The van der Waals surface area contributed by atoms with Gasteiger partial charge in [0.2, 0.25) is 5.91 Å². The molecule has 2 aromatic carbocycles. The second-order valence-corrected chi connectivity index (χ2v) is 6.78. The van der Waals surface area contributed by atoms with E-state index < -0.39 is 17.9 Å². The second-order valence-electron chi connectivity index (χ2n) is 6.78. The molecule has 2 N–H and O–H groups in total. The van der Waals surface area contributed by atoms with Crippen LogP contribution in [0.25, 0.3) is 0 Å². The molecule has 1 aliphatic heterocycles. The number of ether oxygens (including phenoxy) is 1. The van der Waals surface area contributed by atoms with Gasteiger partial charge in [0.1, 0.15) is 5.75 Å². The average molecular weight is 381 g/mol. The van der Waals surface area contributed by atoms with Crippen molar-refractivity contribution in [2.45, 2.75) is 38.6 Å². The monoisotopic (exact) mass is 381 g/mol. The van der Waals surface area contributed by atoms with Crippen molar-refractivity contribution in [3.8, 4) is 5.75 Å². The lowest BCUT2D eigenvalue weighted by atomic mass is 10.0. The molecule has 0 spiro atoms. The van der Waals surface area contributed by atoms with Gasteiger partial charge in [0.05, 0.1) is 6.61 Å². The number of aryl methyl sites for hydroxylation is 1. The molecule has 0 fully saturated rings. The van der Waals surface area contributed by atoms with Gasteiger partial charge in [-0.25, -0.2) is 4.79 Å². The summed E-state index contributed by atoms with van der Waals surface area (Å²) in [6.45, 7) is 2.61. The van der Waals surface area contributed by atoms with Crippen molar-refractivity contribution in [2.75, 3.05) is 6.61 Å². The van der Waals surface area contributed by atoms with Crippen molar-refractivity contribution in [2.24, 2.45) is 0 Å². The number of amides is 1. The van der Waals surface area contributed by atoms with Crippen LogP contribution in [0.4, 0.5) is 0 Å². The number of Topliss-reactive ketones (excluding diaryl/α,β-unsaturated/α-hetero) is 1. The van der Waals surface area contributed by atoms with Gasteiger partial charge in [-0.05, 0) is 35.2 Å². The fraction of sp³-hybridized carbons (Fsp3) is 0.318. The van der Waals surface area contributed by atoms with E-state index >= 15 is 0 Å². The van der Waals surface area contributed by atoms with Gasteiger partial charge in [-0.1, -0.05) is 37.3 Å². The van der Waals surface area contributed by atoms with Gasteiger partial charge >= 0.3 is 5.97 Å². The molecule has 0 bridgehead atoms. The Bertz CT molecular complexity index is 888. The van der Waals surface area contributed by atoms with Gasteiger partial charge in [-0.3, -0.25) is 9.59 Å². The number of carbonyl (C=O) groups excluding carboxylic acids is 2. The van der Waals surface area contributed by atoms with E-state index in [2.05, 4.69) is 5.32 Å². The van der Waals surface area contributed by atoms with Crippen LogP contribution in [-0.2, 0) is 22.4 Å². The van der Waals surface area contributed by atoms with Crippen LogP contribution in [0.2, 0.25) is 0 Å². The summed E-state index contributed by atoms with van der Waals surface area (Å²) in [5.41, 5.74) is 3.12. The Morgan fingerprint density at radius 2 is 1.86 bits per heavy atom. The van der Waals surface area contributed by atoms with E-state index in [0.29, 0.717) is 17.7 Å². The first-order chi connectivity index (χ1) is 13.5. The van der Waals surface area contributed by atoms with Gasteiger partial charge in [-0.15, -0.1) is 0 Å². The first-order valence-corrected chi connectivity index (χ1v) is 9.38. The topological polar surface area (TPSA) is 92.7 Å². The third-order valence-corrected chi connectivity index (χ3v) is 4.86. The number of carboxylic acids is 1. The van der Waals surface area contributed by atoms with E-state index in [1.165, 1.54) is 0 Å². The Hall–Kier alpha value is -3.15. The third kappa shape index (κ3) is 4.57. The predicted octanol–water partition coefficient (Wildman–Crippen LogP) is 3.09. The van der Waals surface area contributed by atoms with Crippen molar-refractivity contribution in [3.63, 3.8) is 0 Å². The van der Waals surface area contributed by atoms with Gasteiger partial charge in [0, 0.05) is 24.8 Å². The normalized spacial score (nSPS) is 13.3. The number of ketones is 1. The van der Waals surface area contributed by atoms with Gasteiger partial charge in [0.25, 0.3) is 0 Å². The zero-order valence-electron chi connectivity index (χ0n) is 15.7. The summed E-state index contributed by atoms with van der Waals surface area (Å²) < 4.78 is 5.42. The van der Waals surface area contributed by atoms with Crippen LogP contribution in [0.1, 0.15) is 52.9 Å². The predicted molar refractivity (Wildman–Crippen MR) is 104 cm³/mol. The summed E-state index contributed by atoms with van der Waals surface area (Å²) in [7, 11) is 0. The van der Waals surface area contributed by atoms with Crippen LogP contribution >= 0.6 is 0 Å². The van der Waals surface area contributed by atoms with E-state index in [1.807, 2.05) is 19.1 Å². The van der Waals surface area contributed by atoms with Crippen molar-refractivity contribution < 1.29 is 24.2 Å². The highest BCUT2D eigenvalue weighted by Gasteiger charge is 2.24. The second kappa shape index (κ2) is 8.69. The number of carbonyl (C=O) groups is 3. The molecule has 1 unspecified atom stereocenters. The summed E-state index contributed by atoms with van der Waals surface area (Å²) >= 11 is 0. The zero-order valence-corrected chi connectivity index (χ0v) is 15.7. The van der Waals surface area contributed by atoms with Crippen LogP contribution in [-0.4, -0.2) is 29.4 Å². The highest BCUT2D eigenvalue weighted by molar-refractivity contribution is 5.98. The minimum atomic E-state index is -1.16. The molecule has 6 heteroatoms. The lowest BCUT2D eigenvalue weighted by Gasteiger charge is -2.15. The Morgan fingerprint density at radius 1 is 1.11 bits per heavy atom. The molecule has 0 saturated heterocycles. The van der Waals surface area contributed by atoms with Crippen LogP contribution < -0.4 is 10.1 Å². The van der Waals surface area contributed by atoms with Crippen LogP contribution in [0.5, 0.6) is 5.75 Å². The molecular weight excluding hydrogens is 358 g/mol. The molecular formula is C22H23NO5. The minimum Gasteiger partial charge on any atom is -0.493 e. The Morgan fingerprint density at radius 3 is 2.54 bits per heavy atom. The Balaban J connectivity index is 1.60. The number of rotatable bonds is 8. The highest BCUT2D eigenvalue weighted by Crippen LogP contribution is 2.28. The number of nitrogens with one attached hydrogen (secondary N) is 1. The highest BCUT2D eigenvalue weighted by atomic mass is 16.5. The summed E-state index contributed by atoms with van der Waals surface area (Å²) in [6.07, 6.45) is 1.57. The van der Waals surface area contributed by atoms with Crippen molar-refractivity contribution >= 4 is 17.7 Å². The number of hydrogen-bond donors (Lipinski definition) is 2. The maximum atomic E-state index is 12.3. The molecule has 0 radical (unpaired) electrons. The van der Waals surface area contributed by atoms with Crippen molar-refractivity contribution in [1.82, 2.24) is 5.32 Å². The lowest BCUT2D eigenvalue weighted by molar-refractivity contribution is -0.142. The molecule has 2 aromatic rings. The number of fused-ring (bicyclic) bond motifs is 1. The van der Waals surface area contributed by atoms with Crippen LogP contribution in [0.15, 0.2) is 42.5 Å². The standard InChI is InChI=1S/C22H23NO5/c1-2-14-3-5-15(6-4-14)18(24)8-10-20(25)23-21(22(26)27)17-7-9-19-16(13-17)11-12-28-19/h3-7,9,13,21H,2,8,10-12H2,1H3,(H,23,25)(H,26,27). The summed E-state index contributed by atoms with van der Waals surface area (Å²) in [4.78, 5) is 36.1. The van der Waals surface area contributed by atoms with Gasteiger partial charge < -0.3 is 15.2 Å². The van der Waals surface area contributed by atoms with E-state index in [-0.39, 0.29) is 18.6 Å². The zero-order chi connectivity index (χ0) is 20.1. The molecule has 146 valence electrons.